The molecular weight excluding hydrogens is 446 g/mol. The Morgan fingerprint density at radius 1 is 1.12 bits per heavy atom. The Morgan fingerprint density at radius 2 is 1.92 bits per heavy atom. The van der Waals surface area contributed by atoms with E-state index in [4.69, 9.17) is 0 Å². The number of nitrogens with zero attached hydrogens (tertiary/aromatic N) is 4. The minimum atomic E-state index is -0.239. The zero-order chi connectivity index (χ0) is 17.5. The number of pyridine rings is 1. The first kappa shape index (κ1) is 20.1. The van der Waals surface area contributed by atoms with Gasteiger partial charge in [-0.1, -0.05) is 24.3 Å². The summed E-state index contributed by atoms with van der Waals surface area (Å²) in [6, 6.07) is 12.5. The Labute approximate surface area is 169 Å². The molecule has 0 amide bonds. The second-order valence-corrected chi connectivity index (χ2v) is 5.51. The van der Waals surface area contributed by atoms with E-state index in [2.05, 4.69) is 25.8 Å². The van der Waals surface area contributed by atoms with E-state index in [9.17, 15) is 4.39 Å². The van der Waals surface area contributed by atoms with Crippen LogP contribution in [0.1, 0.15) is 18.3 Å². The first-order chi connectivity index (χ1) is 12.3. The molecule has 26 heavy (non-hydrogen) atoms. The van der Waals surface area contributed by atoms with Gasteiger partial charge in [0, 0.05) is 31.3 Å². The summed E-state index contributed by atoms with van der Waals surface area (Å²) in [4.78, 5) is 4.44. The van der Waals surface area contributed by atoms with Crippen molar-refractivity contribution in [1.82, 2.24) is 25.2 Å². The zero-order valence-electron chi connectivity index (χ0n) is 14.5. The lowest BCUT2D eigenvalue weighted by Crippen LogP contribution is -2.38. The van der Waals surface area contributed by atoms with Crippen molar-refractivity contribution in [3.63, 3.8) is 0 Å². The van der Waals surface area contributed by atoms with E-state index in [1.165, 1.54) is 6.07 Å². The molecule has 3 aromatic rings. The number of nitrogens with one attached hydrogen (secondary N) is 2. The van der Waals surface area contributed by atoms with Crippen LogP contribution in [0.4, 0.5) is 4.39 Å². The van der Waals surface area contributed by atoms with Crippen LogP contribution < -0.4 is 10.6 Å². The average molecular weight is 468 g/mol. The van der Waals surface area contributed by atoms with Crippen molar-refractivity contribution in [2.75, 3.05) is 13.1 Å². The van der Waals surface area contributed by atoms with Crippen LogP contribution in [0, 0.1) is 5.82 Å². The predicted molar refractivity (Wildman–Crippen MR) is 111 cm³/mol. The summed E-state index contributed by atoms with van der Waals surface area (Å²) in [5.74, 6) is 1.30. The van der Waals surface area contributed by atoms with Gasteiger partial charge in [-0.05, 0) is 25.1 Å². The average Bonchev–Trinajstić information content (AvgIpc) is 3.04. The van der Waals surface area contributed by atoms with E-state index in [1.54, 1.807) is 12.1 Å². The largest absolute Gasteiger partial charge is 0.357 e. The SMILES string of the molecule is CCNC(=NCc1ccccc1F)NCCc1nnc2ccccn12.I. The van der Waals surface area contributed by atoms with Crippen molar-refractivity contribution < 1.29 is 4.39 Å². The van der Waals surface area contributed by atoms with Gasteiger partial charge in [0.05, 0.1) is 6.54 Å². The first-order valence-corrected chi connectivity index (χ1v) is 8.32. The molecule has 2 aromatic heterocycles. The van der Waals surface area contributed by atoms with Gasteiger partial charge < -0.3 is 10.6 Å². The van der Waals surface area contributed by atoms with Crippen LogP contribution in [0.15, 0.2) is 53.7 Å². The summed E-state index contributed by atoms with van der Waals surface area (Å²) >= 11 is 0. The lowest BCUT2D eigenvalue weighted by Gasteiger charge is -2.11. The van der Waals surface area contributed by atoms with Gasteiger partial charge in [-0.3, -0.25) is 4.40 Å². The van der Waals surface area contributed by atoms with Gasteiger partial charge in [0.25, 0.3) is 0 Å². The highest BCUT2D eigenvalue weighted by Crippen LogP contribution is 2.07. The molecule has 0 aliphatic carbocycles. The summed E-state index contributed by atoms with van der Waals surface area (Å²) < 4.78 is 15.6. The fraction of sp³-hybridized carbons (Fsp3) is 0.278. The summed E-state index contributed by atoms with van der Waals surface area (Å²) in [7, 11) is 0. The molecule has 0 bridgehead atoms. The molecule has 0 spiro atoms. The van der Waals surface area contributed by atoms with E-state index in [0.717, 1.165) is 18.0 Å². The van der Waals surface area contributed by atoms with Crippen LogP contribution in [0.3, 0.4) is 0 Å². The van der Waals surface area contributed by atoms with Crippen LogP contribution in [-0.2, 0) is 13.0 Å². The van der Waals surface area contributed by atoms with Crippen LogP contribution in [0.25, 0.3) is 5.65 Å². The molecule has 2 N–H and O–H groups in total. The summed E-state index contributed by atoms with van der Waals surface area (Å²) in [6.07, 6.45) is 2.65. The van der Waals surface area contributed by atoms with Gasteiger partial charge >= 0.3 is 0 Å². The maximum absolute atomic E-state index is 13.7. The highest BCUT2D eigenvalue weighted by molar-refractivity contribution is 14.0. The van der Waals surface area contributed by atoms with Crippen molar-refractivity contribution >= 4 is 35.6 Å². The fourth-order valence-electron chi connectivity index (χ4n) is 2.49. The molecule has 0 aliphatic heterocycles. The number of hydrogen-bond acceptors (Lipinski definition) is 3. The number of halogens is 2. The van der Waals surface area contributed by atoms with Gasteiger partial charge in [-0.2, -0.15) is 0 Å². The molecule has 0 radical (unpaired) electrons. The number of rotatable bonds is 6. The van der Waals surface area contributed by atoms with E-state index < -0.39 is 0 Å². The van der Waals surface area contributed by atoms with Gasteiger partial charge in [-0.25, -0.2) is 9.38 Å². The van der Waals surface area contributed by atoms with Crippen molar-refractivity contribution in [1.29, 1.82) is 0 Å². The number of benzene rings is 1. The Bertz CT molecular complexity index is 864. The lowest BCUT2D eigenvalue weighted by atomic mass is 10.2. The van der Waals surface area contributed by atoms with Gasteiger partial charge in [0.2, 0.25) is 0 Å². The van der Waals surface area contributed by atoms with Crippen LogP contribution in [0.5, 0.6) is 0 Å². The summed E-state index contributed by atoms with van der Waals surface area (Å²) in [5, 5.41) is 14.8. The molecule has 1 aromatic carbocycles. The Hall–Kier alpha value is -2.23. The molecule has 0 saturated carbocycles. The molecule has 138 valence electrons. The number of guanidine groups is 1. The normalized spacial score (nSPS) is 11.2. The Kier molecular flexibility index (Phi) is 7.76. The molecule has 6 nitrogen and oxygen atoms in total. The molecule has 0 saturated heterocycles. The van der Waals surface area contributed by atoms with Gasteiger partial charge in [0.1, 0.15) is 11.6 Å². The van der Waals surface area contributed by atoms with Crippen molar-refractivity contribution in [2.24, 2.45) is 4.99 Å². The number of fused-ring (bicyclic) bond motifs is 1. The Balaban J connectivity index is 0.00000243. The minimum Gasteiger partial charge on any atom is -0.357 e. The molecule has 8 heteroatoms. The molecule has 0 fully saturated rings. The first-order valence-electron chi connectivity index (χ1n) is 8.32. The quantitative estimate of drug-likeness (QED) is 0.332. The number of aliphatic imine (C=N–C) groups is 1. The number of aromatic nitrogens is 3. The molecule has 2 heterocycles. The third-order valence-electron chi connectivity index (χ3n) is 3.73. The summed E-state index contributed by atoms with van der Waals surface area (Å²) in [5.41, 5.74) is 1.40. The third-order valence-corrected chi connectivity index (χ3v) is 3.73. The van der Waals surface area contributed by atoms with E-state index in [-0.39, 0.29) is 36.3 Å². The van der Waals surface area contributed by atoms with E-state index >= 15 is 0 Å². The molecule has 3 rings (SSSR count). The van der Waals surface area contributed by atoms with Gasteiger partial charge in [0.15, 0.2) is 11.6 Å². The highest BCUT2D eigenvalue weighted by atomic mass is 127. The van der Waals surface area contributed by atoms with Crippen LogP contribution in [-0.4, -0.2) is 33.6 Å². The standard InChI is InChI=1S/C18H21FN6.HI/c1-2-20-18(22-13-14-7-3-4-8-15(14)19)21-11-10-17-24-23-16-9-5-6-12-25(16)17;/h3-9,12H,2,10-11,13H2,1H3,(H2,20,21,22);1H. The zero-order valence-corrected chi connectivity index (χ0v) is 16.9. The minimum absolute atomic E-state index is 0. The van der Waals surface area contributed by atoms with Crippen molar-refractivity contribution in [3.8, 4) is 0 Å². The smallest absolute Gasteiger partial charge is 0.191 e. The predicted octanol–water partition coefficient (Wildman–Crippen LogP) is 2.78. The molecule has 0 atom stereocenters. The molecule has 0 unspecified atom stereocenters. The topological polar surface area (TPSA) is 66.6 Å². The molecular formula is C18H22FIN6. The van der Waals surface area contributed by atoms with E-state index in [1.807, 2.05) is 41.8 Å². The van der Waals surface area contributed by atoms with Crippen molar-refractivity contribution in [3.05, 3.63) is 65.9 Å². The molecule has 0 aliphatic rings. The maximum Gasteiger partial charge on any atom is 0.191 e. The second-order valence-electron chi connectivity index (χ2n) is 5.51. The Morgan fingerprint density at radius 3 is 2.73 bits per heavy atom. The number of hydrogen-bond donors (Lipinski definition) is 2. The van der Waals surface area contributed by atoms with Crippen LogP contribution in [0.2, 0.25) is 0 Å². The summed E-state index contributed by atoms with van der Waals surface area (Å²) in [6.45, 7) is 3.66. The third kappa shape index (κ3) is 5.13. The van der Waals surface area contributed by atoms with E-state index in [0.29, 0.717) is 24.5 Å². The maximum atomic E-state index is 13.7. The van der Waals surface area contributed by atoms with Crippen molar-refractivity contribution in [2.45, 2.75) is 19.9 Å². The highest BCUT2D eigenvalue weighted by Gasteiger charge is 2.05. The van der Waals surface area contributed by atoms with Gasteiger partial charge in [-0.15, -0.1) is 34.2 Å². The second kappa shape index (κ2) is 10.0. The van der Waals surface area contributed by atoms with Crippen LogP contribution >= 0.6 is 24.0 Å². The monoisotopic (exact) mass is 468 g/mol. The lowest BCUT2D eigenvalue weighted by molar-refractivity contribution is 0.610. The fourth-order valence-corrected chi connectivity index (χ4v) is 2.49.